The second-order valence-corrected chi connectivity index (χ2v) is 6.84. The third-order valence-corrected chi connectivity index (χ3v) is 4.26. The molecule has 0 unspecified atom stereocenters. The van der Waals surface area contributed by atoms with Crippen LogP contribution in [0.5, 0.6) is 5.75 Å². The maximum atomic E-state index is 12.9. The molecule has 3 aromatic rings. The van der Waals surface area contributed by atoms with Crippen LogP contribution in [0.25, 0.3) is 10.9 Å². The van der Waals surface area contributed by atoms with Crippen LogP contribution in [0.3, 0.4) is 0 Å². The molecule has 0 aliphatic carbocycles. The zero-order valence-corrected chi connectivity index (χ0v) is 15.8. The molecule has 0 saturated carbocycles. The summed E-state index contributed by atoms with van der Waals surface area (Å²) in [5.74, 6) is 1.42. The monoisotopic (exact) mass is 399 g/mol. The van der Waals surface area contributed by atoms with Crippen LogP contribution in [0, 0.1) is 0 Å². The van der Waals surface area contributed by atoms with Gasteiger partial charge >= 0.3 is 0 Å². The van der Waals surface area contributed by atoms with Gasteiger partial charge in [-0.25, -0.2) is 4.98 Å². The van der Waals surface area contributed by atoms with Crippen LogP contribution in [-0.4, -0.2) is 23.0 Å². The van der Waals surface area contributed by atoms with Crippen molar-refractivity contribution in [1.29, 1.82) is 0 Å². The fraction of sp³-hybridized carbons (Fsp3) is 0.211. The lowest BCUT2D eigenvalue weighted by Crippen LogP contribution is -2.23. The van der Waals surface area contributed by atoms with Crippen molar-refractivity contribution in [2.45, 2.75) is 19.8 Å². The number of halogens is 1. The molecule has 0 bridgehead atoms. The van der Waals surface area contributed by atoms with E-state index in [2.05, 4.69) is 26.0 Å². The zero-order chi connectivity index (χ0) is 18.0. The summed E-state index contributed by atoms with van der Waals surface area (Å²) in [5.41, 5.74) is 1.33. The first-order chi connectivity index (χ1) is 12.0. The molecule has 2 aromatic carbocycles. The fourth-order valence-corrected chi connectivity index (χ4v) is 2.86. The molecule has 25 heavy (non-hydrogen) atoms. The molecule has 0 radical (unpaired) electrons. The molecule has 0 spiro atoms. The Kier molecular flexibility index (Phi) is 4.99. The van der Waals surface area contributed by atoms with Crippen molar-refractivity contribution < 1.29 is 4.74 Å². The van der Waals surface area contributed by atoms with Gasteiger partial charge in [-0.15, -0.1) is 0 Å². The summed E-state index contributed by atoms with van der Waals surface area (Å²) in [6.07, 6.45) is 1.64. The van der Waals surface area contributed by atoms with E-state index in [1.54, 1.807) is 19.4 Å². The van der Waals surface area contributed by atoms with Gasteiger partial charge in [-0.3, -0.25) is 4.79 Å². The van der Waals surface area contributed by atoms with Crippen LogP contribution in [0.2, 0.25) is 0 Å². The number of ether oxygens (including phenoxy) is 1. The van der Waals surface area contributed by atoms with E-state index in [1.807, 2.05) is 50.2 Å². The van der Waals surface area contributed by atoms with Crippen LogP contribution < -0.4 is 10.3 Å². The van der Waals surface area contributed by atoms with Crippen LogP contribution in [0.4, 0.5) is 0 Å². The number of benzene rings is 2. The second kappa shape index (κ2) is 7.19. The molecule has 0 aliphatic heterocycles. The highest BCUT2D eigenvalue weighted by atomic mass is 79.9. The first-order valence-electron chi connectivity index (χ1n) is 7.90. The Hall–Kier alpha value is -2.47. The van der Waals surface area contributed by atoms with E-state index in [0.717, 1.165) is 15.8 Å². The minimum atomic E-state index is -0.186. The highest BCUT2D eigenvalue weighted by molar-refractivity contribution is 9.10. The van der Waals surface area contributed by atoms with Gasteiger partial charge in [0.1, 0.15) is 11.6 Å². The van der Waals surface area contributed by atoms with Gasteiger partial charge in [0, 0.05) is 10.4 Å². The average Bonchev–Trinajstić information content (AvgIpc) is 2.61. The maximum absolute atomic E-state index is 12.9. The van der Waals surface area contributed by atoms with E-state index in [9.17, 15) is 4.79 Å². The van der Waals surface area contributed by atoms with Gasteiger partial charge in [-0.1, -0.05) is 41.9 Å². The van der Waals surface area contributed by atoms with Gasteiger partial charge in [-0.2, -0.15) is 9.78 Å². The summed E-state index contributed by atoms with van der Waals surface area (Å²) in [4.78, 5) is 17.5. The Morgan fingerprint density at radius 1 is 1.24 bits per heavy atom. The third kappa shape index (κ3) is 3.64. The SMILES string of the molecule is COc1cccc(C=Nn2c(C(C)C)nc3ccc(Br)cc3c2=O)c1. The molecule has 0 aliphatic rings. The molecule has 0 atom stereocenters. The lowest BCUT2D eigenvalue weighted by atomic mass is 10.2. The third-order valence-electron chi connectivity index (χ3n) is 3.77. The van der Waals surface area contributed by atoms with Crippen LogP contribution in [0.1, 0.15) is 31.2 Å². The Labute approximate surface area is 154 Å². The molecule has 128 valence electrons. The molecule has 0 fully saturated rings. The summed E-state index contributed by atoms with van der Waals surface area (Å²) >= 11 is 3.40. The van der Waals surface area contributed by atoms with Crippen LogP contribution >= 0.6 is 15.9 Å². The van der Waals surface area contributed by atoms with E-state index in [4.69, 9.17) is 4.74 Å². The average molecular weight is 400 g/mol. The minimum Gasteiger partial charge on any atom is -0.497 e. The first kappa shape index (κ1) is 17.4. The molecule has 3 rings (SSSR count). The largest absolute Gasteiger partial charge is 0.497 e. The van der Waals surface area contributed by atoms with E-state index in [1.165, 1.54) is 4.68 Å². The Bertz CT molecular complexity index is 1010. The van der Waals surface area contributed by atoms with Gasteiger partial charge in [0.2, 0.25) is 0 Å². The molecule has 1 aromatic heterocycles. The van der Waals surface area contributed by atoms with Crippen molar-refractivity contribution in [3.63, 3.8) is 0 Å². The second-order valence-electron chi connectivity index (χ2n) is 5.92. The summed E-state index contributed by atoms with van der Waals surface area (Å²) < 4.78 is 7.42. The Morgan fingerprint density at radius 2 is 2.04 bits per heavy atom. The highest BCUT2D eigenvalue weighted by Gasteiger charge is 2.13. The van der Waals surface area contributed by atoms with Crippen molar-refractivity contribution in [2.24, 2.45) is 5.10 Å². The highest BCUT2D eigenvalue weighted by Crippen LogP contribution is 2.19. The van der Waals surface area contributed by atoms with Crippen molar-refractivity contribution in [3.05, 3.63) is 68.7 Å². The number of fused-ring (bicyclic) bond motifs is 1. The van der Waals surface area contributed by atoms with Crippen LogP contribution in [0.15, 0.2) is 56.8 Å². The van der Waals surface area contributed by atoms with Crippen LogP contribution in [-0.2, 0) is 0 Å². The van der Waals surface area contributed by atoms with Crippen molar-refractivity contribution >= 4 is 33.0 Å². The predicted molar refractivity (Wildman–Crippen MR) is 104 cm³/mol. The molecule has 5 nitrogen and oxygen atoms in total. The number of rotatable bonds is 4. The molecule has 0 amide bonds. The maximum Gasteiger partial charge on any atom is 0.282 e. The summed E-state index contributed by atoms with van der Waals surface area (Å²) in [5, 5.41) is 4.93. The summed E-state index contributed by atoms with van der Waals surface area (Å²) in [6, 6.07) is 13.0. The van der Waals surface area contributed by atoms with Gasteiger partial charge < -0.3 is 4.74 Å². The standard InChI is InChI=1S/C19H18BrN3O2/c1-12(2)18-22-17-8-7-14(20)10-16(17)19(24)23(18)21-11-13-5-4-6-15(9-13)25-3/h4-12H,1-3H3. The first-order valence-corrected chi connectivity index (χ1v) is 8.69. The molecule has 0 N–H and O–H groups in total. The normalized spacial score (nSPS) is 11.6. The lowest BCUT2D eigenvalue weighted by molar-refractivity contribution is 0.414. The number of methoxy groups -OCH3 is 1. The van der Waals surface area contributed by atoms with Gasteiger partial charge in [0.15, 0.2) is 0 Å². The quantitative estimate of drug-likeness (QED) is 0.618. The van der Waals surface area contributed by atoms with Crippen molar-refractivity contribution in [1.82, 2.24) is 9.66 Å². The lowest BCUT2D eigenvalue weighted by Gasteiger charge is -2.12. The Balaban J connectivity index is 2.16. The smallest absolute Gasteiger partial charge is 0.282 e. The Morgan fingerprint density at radius 3 is 2.76 bits per heavy atom. The van der Waals surface area contributed by atoms with E-state index < -0.39 is 0 Å². The number of hydrogen-bond acceptors (Lipinski definition) is 4. The molecule has 0 saturated heterocycles. The van der Waals surface area contributed by atoms with Crippen molar-refractivity contribution in [3.8, 4) is 5.75 Å². The number of nitrogens with zero attached hydrogens (tertiary/aromatic N) is 3. The van der Waals surface area contributed by atoms with E-state index >= 15 is 0 Å². The van der Waals surface area contributed by atoms with Gasteiger partial charge in [0.05, 0.1) is 24.2 Å². The molecular formula is C19H18BrN3O2. The molecular weight excluding hydrogens is 382 g/mol. The summed E-state index contributed by atoms with van der Waals surface area (Å²) in [6.45, 7) is 3.98. The van der Waals surface area contributed by atoms with E-state index in [-0.39, 0.29) is 11.5 Å². The van der Waals surface area contributed by atoms with Gasteiger partial charge in [-0.05, 0) is 35.9 Å². The topological polar surface area (TPSA) is 56.5 Å². The molecule has 6 heteroatoms. The number of hydrogen-bond donors (Lipinski definition) is 0. The van der Waals surface area contributed by atoms with Crippen molar-refractivity contribution in [2.75, 3.05) is 7.11 Å². The van der Waals surface area contributed by atoms with Gasteiger partial charge in [0.25, 0.3) is 5.56 Å². The zero-order valence-electron chi connectivity index (χ0n) is 14.2. The minimum absolute atomic E-state index is 0.0585. The fourth-order valence-electron chi connectivity index (χ4n) is 2.50. The predicted octanol–water partition coefficient (Wildman–Crippen LogP) is 4.17. The molecule has 1 heterocycles. The number of aromatic nitrogens is 2. The summed E-state index contributed by atoms with van der Waals surface area (Å²) in [7, 11) is 1.61. The van der Waals surface area contributed by atoms with E-state index in [0.29, 0.717) is 16.7 Å².